The molecule has 2 aromatic rings. The lowest BCUT2D eigenvalue weighted by atomic mass is 10.1. The summed E-state index contributed by atoms with van der Waals surface area (Å²) < 4.78 is 0. The molecule has 0 radical (unpaired) electrons. The van der Waals surface area contributed by atoms with Gasteiger partial charge in [-0.05, 0) is 24.1 Å². The fraction of sp³-hybridized carbons (Fsp3) is 0.300. The van der Waals surface area contributed by atoms with E-state index >= 15 is 0 Å². The van der Waals surface area contributed by atoms with Crippen LogP contribution in [0.15, 0.2) is 54.6 Å². The van der Waals surface area contributed by atoms with Gasteiger partial charge < -0.3 is 10.2 Å². The summed E-state index contributed by atoms with van der Waals surface area (Å²) in [5, 5.41) is 12.0. The van der Waals surface area contributed by atoms with E-state index < -0.39 is 0 Å². The zero-order chi connectivity index (χ0) is 17.5. The number of hydrogen-bond acceptors (Lipinski definition) is 3. The van der Waals surface area contributed by atoms with Crippen molar-refractivity contribution in [1.82, 2.24) is 9.80 Å². The minimum atomic E-state index is -0.134. The van der Waals surface area contributed by atoms with Crippen molar-refractivity contribution in [1.29, 1.82) is 5.26 Å². The number of nitrogens with one attached hydrogen (secondary N) is 1. The van der Waals surface area contributed by atoms with E-state index in [0.717, 1.165) is 26.1 Å². The molecule has 0 unspecified atom stereocenters. The van der Waals surface area contributed by atoms with Gasteiger partial charge in [0.25, 0.3) is 0 Å². The molecule has 128 valence electrons. The second-order valence-electron chi connectivity index (χ2n) is 6.15. The number of benzene rings is 2. The van der Waals surface area contributed by atoms with Crippen molar-refractivity contribution in [2.45, 2.75) is 6.42 Å². The van der Waals surface area contributed by atoms with Crippen LogP contribution >= 0.6 is 0 Å². The highest BCUT2D eigenvalue weighted by molar-refractivity contribution is 5.90. The van der Waals surface area contributed by atoms with Crippen LogP contribution in [-0.2, 0) is 6.42 Å². The van der Waals surface area contributed by atoms with Crippen LogP contribution in [0.1, 0.15) is 11.1 Å². The fourth-order valence-corrected chi connectivity index (χ4v) is 2.99. The number of rotatable bonds is 4. The summed E-state index contributed by atoms with van der Waals surface area (Å²) in [4.78, 5) is 16.6. The van der Waals surface area contributed by atoms with E-state index in [4.69, 9.17) is 5.26 Å². The second-order valence-corrected chi connectivity index (χ2v) is 6.15. The predicted octanol–water partition coefficient (Wildman–Crippen LogP) is 2.95. The fourth-order valence-electron chi connectivity index (χ4n) is 2.99. The van der Waals surface area contributed by atoms with Crippen LogP contribution in [0.3, 0.4) is 0 Å². The third-order valence-electron chi connectivity index (χ3n) is 4.51. The van der Waals surface area contributed by atoms with Gasteiger partial charge >= 0.3 is 6.03 Å². The molecule has 1 fully saturated rings. The normalized spacial score (nSPS) is 14.8. The Morgan fingerprint density at radius 3 is 2.40 bits per heavy atom. The molecule has 2 amide bonds. The van der Waals surface area contributed by atoms with E-state index in [2.05, 4.69) is 40.6 Å². The van der Waals surface area contributed by atoms with Gasteiger partial charge in [0.1, 0.15) is 6.07 Å². The van der Waals surface area contributed by atoms with Crippen molar-refractivity contribution in [2.24, 2.45) is 0 Å². The number of nitrogens with zero attached hydrogens (tertiary/aromatic N) is 3. The number of urea groups is 1. The van der Waals surface area contributed by atoms with Gasteiger partial charge in [0, 0.05) is 32.7 Å². The van der Waals surface area contributed by atoms with Crippen molar-refractivity contribution in [3.8, 4) is 6.07 Å². The van der Waals surface area contributed by atoms with E-state index in [1.807, 2.05) is 17.0 Å². The van der Waals surface area contributed by atoms with Crippen molar-refractivity contribution in [2.75, 3.05) is 38.0 Å². The molecule has 0 aromatic heterocycles. The molecule has 1 N–H and O–H groups in total. The lowest BCUT2D eigenvalue weighted by Crippen LogP contribution is -2.50. The van der Waals surface area contributed by atoms with Crippen LogP contribution in [-0.4, -0.2) is 48.6 Å². The largest absolute Gasteiger partial charge is 0.322 e. The van der Waals surface area contributed by atoms with Crippen LogP contribution in [0.5, 0.6) is 0 Å². The molecule has 5 nitrogen and oxygen atoms in total. The molecule has 0 aliphatic carbocycles. The van der Waals surface area contributed by atoms with Crippen molar-refractivity contribution in [3.63, 3.8) is 0 Å². The quantitative estimate of drug-likeness (QED) is 0.935. The maximum Gasteiger partial charge on any atom is 0.321 e. The summed E-state index contributed by atoms with van der Waals surface area (Å²) in [6.07, 6.45) is 1.03. The zero-order valence-corrected chi connectivity index (χ0v) is 14.2. The van der Waals surface area contributed by atoms with Gasteiger partial charge in [-0.1, -0.05) is 42.5 Å². The first kappa shape index (κ1) is 17.0. The van der Waals surface area contributed by atoms with Gasteiger partial charge in [-0.3, -0.25) is 4.90 Å². The Balaban J connectivity index is 1.47. The second kappa shape index (κ2) is 8.32. The number of piperazine rings is 1. The number of hydrogen-bond donors (Lipinski definition) is 1. The average molecular weight is 334 g/mol. The number of para-hydroxylation sites is 1. The Labute approximate surface area is 148 Å². The highest BCUT2D eigenvalue weighted by Crippen LogP contribution is 2.15. The molecule has 2 aromatic carbocycles. The molecule has 1 aliphatic rings. The minimum Gasteiger partial charge on any atom is -0.322 e. The molecule has 3 rings (SSSR count). The lowest BCUT2D eigenvalue weighted by Gasteiger charge is -2.34. The Hall–Kier alpha value is -2.84. The Morgan fingerprint density at radius 1 is 1.00 bits per heavy atom. The number of carbonyl (C=O) groups excluding carboxylic acids is 1. The first-order chi connectivity index (χ1) is 12.3. The maximum atomic E-state index is 12.4. The van der Waals surface area contributed by atoms with Gasteiger partial charge in [0.05, 0.1) is 11.3 Å². The van der Waals surface area contributed by atoms with Crippen molar-refractivity contribution >= 4 is 11.7 Å². The number of anilines is 1. The van der Waals surface area contributed by atoms with Crippen molar-refractivity contribution in [3.05, 3.63) is 65.7 Å². The monoisotopic (exact) mass is 334 g/mol. The van der Waals surface area contributed by atoms with E-state index in [9.17, 15) is 4.79 Å². The van der Waals surface area contributed by atoms with E-state index in [1.54, 1.807) is 18.2 Å². The summed E-state index contributed by atoms with van der Waals surface area (Å²) >= 11 is 0. The third kappa shape index (κ3) is 4.59. The molecule has 0 bridgehead atoms. The molecule has 0 atom stereocenters. The lowest BCUT2D eigenvalue weighted by molar-refractivity contribution is 0.148. The van der Waals surface area contributed by atoms with Gasteiger partial charge in [-0.15, -0.1) is 0 Å². The number of amides is 2. The molecule has 25 heavy (non-hydrogen) atoms. The first-order valence-corrected chi connectivity index (χ1v) is 8.57. The smallest absolute Gasteiger partial charge is 0.321 e. The maximum absolute atomic E-state index is 12.4. The van der Waals surface area contributed by atoms with E-state index in [-0.39, 0.29) is 6.03 Å². The van der Waals surface area contributed by atoms with E-state index in [0.29, 0.717) is 24.3 Å². The SMILES string of the molecule is N#Cc1ccccc1NC(=O)N1CCN(CCc2ccccc2)CC1. The van der Waals surface area contributed by atoms with Crippen LogP contribution in [0, 0.1) is 11.3 Å². The molecule has 1 saturated heterocycles. The topological polar surface area (TPSA) is 59.4 Å². The highest BCUT2D eigenvalue weighted by Gasteiger charge is 2.21. The summed E-state index contributed by atoms with van der Waals surface area (Å²) in [7, 11) is 0. The molecule has 5 heteroatoms. The summed E-state index contributed by atoms with van der Waals surface area (Å²) in [5.74, 6) is 0. The average Bonchev–Trinajstić information content (AvgIpc) is 2.68. The number of nitriles is 1. The van der Waals surface area contributed by atoms with Crippen LogP contribution in [0.25, 0.3) is 0 Å². The van der Waals surface area contributed by atoms with Crippen LogP contribution < -0.4 is 5.32 Å². The zero-order valence-electron chi connectivity index (χ0n) is 14.2. The Morgan fingerprint density at radius 2 is 1.68 bits per heavy atom. The Bertz CT molecular complexity index is 746. The molecule has 0 spiro atoms. The summed E-state index contributed by atoms with van der Waals surface area (Å²) in [5.41, 5.74) is 2.40. The first-order valence-electron chi connectivity index (χ1n) is 8.57. The number of carbonyl (C=O) groups is 1. The van der Waals surface area contributed by atoms with Gasteiger partial charge in [0.2, 0.25) is 0 Å². The third-order valence-corrected chi connectivity index (χ3v) is 4.51. The molecular formula is C20H22N4O. The molecule has 1 heterocycles. The van der Waals surface area contributed by atoms with Crippen molar-refractivity contribution < 1.29 is 4.79 Å². The summed E-state index contributed by atoms with van der Waals surface area (Å²) in [6, 6.07) is 19.5. The molecule has 0 saturated carbocycles. The summed E-state index contributed by atoms with van der Waals surface area (Å²) in [6.45, 7) is 4.17. The minimum absolute atomic E-state index is 0.134. The molecular weight excluding hydrogens is 312 g/mol. The van der Waals surface area contributed by atoms with Crippen LogP contribution in [0.4, 0.5) is 10.5 Å². The van der Waals surface area contributed by atoms with Crippen LogP contribution in [0.2, 0.25) is 0 Å². The van der Waals surface area contributed by atoms with E-state index in [1.165, 1.54) is 5.56 Å². The highest BCUT2D eigenvalue weighted by atomic mass is 16.2. The Kier molecular flexibility index (Phi) is 5.65. The predicted molar refractivity (Wildman–Crippen MR) is 98.3 cm³/mol. The molecule has 1 aliphatic heterocycles. The standard InChI is InChI=1S/C20H22N4O/c21-16-18-8-4-5-9-19(18)22-20(25)24-14-12-23(13-15-24)11-10-17-6-2-1-3-7-17/h1-9H,10-15H2,(H,22,25). The van der Waals surface area contributed by atoms with Gasteiger partial charge in [0.15, 0.2) is 0 Å². The van der Waals surface area contributed by atoms with Gasteiger partial charge in [-0.2, -0.15) is 5.26 Å². The van der Waals surface area contributed by atoms with Gasteiger partial charge in [-0.25, -0.2) is 4.79 Å².